The van der Waals surface area contributed by atoms with Gasteiger partial charge in [-0.3, -0.25) is 4.98 Å². The van der Waals surface area contributed by atoms with E-state index in [1.54, 1.807) is 0 Å². The molecule has 0 bridgehead atoms. The van der Waals surface area contributed by atoms with Gasteiger partial charge in [0.1, 0.15) is 0 Å². The molecule has 1 aromatic carbocycles. The zero-order valence-electron chi connectivity index (χ0n) is 12.0. The highest BCUT2D eigenvalue weighted by Crippen LogP contribution is 2.31. The van der Waals surface area contributed by atoms with E-state index < -0.39 is 0 Å². The third-order valence-electron chi connectivity index (χ3n) is 3.83. The van der Waals surface area contributed by atoms with Crippen molar-refractivity contribution < 1.29 is 0 Å². The van der Waals surface area contributed by atoms with Gasteiger partial charge in [-0.05, 0) is 28.9 Å². The Morgan fingerprint density at radius 1 is 0.947 bits per heavy atom. The lowest BCUT2D eigenvalue weighted by atomic mass is 9.98. The molecule has 0 aliphatic heterocycles. The Morgan fingerprint density at radius 3 is 2.42 bits per heavy atom. The van der Waals surface area contributed by atoms with Crippen molar-refractivity contribution in [2.24, 2.45) is 0 Å². The van der Waals surface area contributed by atoms with E-state index in [-0.39, 0.29) is 0 Å². The number of rotatable bonds is 2. The first kappa shape index (κ1) is 12.2. The summed E-state index contributed by atoms with van der Waals surface area (Å²) in [6.45, 7) is 8.86. The van der Waals surface area contributed by atoms with E-state index in [1.807, 2.05) is 12.4 Å². The van der Waals surface area contributed by atoms with Crippen LogP contribution in [0.4, 0.5) is 0 Å². The van der Waals surface area contributed by atoms with Crippen molar-refractivity contribution in [1.29, 1.82) is 0 Å². The molecule has 19 heavy (non-hydrogen) atoms. The van der Waals surface area contributed by atoms with Crippen LogP contribution >= 0.6 is 0 Å². The molecule has 2 heterocycles. The fourth-order valence-electron chi connectivity index (χ4n) is 2.66. The Balaban J connectivity index is 2.37. The van der Waals surface area contributed by atoms with E-state index in [4.69, 9.17) is 0 Å². The van der Waals surface area contributed by atoms with Gasteiger partial charge >= 0.3 is 0 Å². The number of fused-ring (bicyclic) bond motifs is 3. The SMILES string of the molecule is CC(C)c1cc2ccc3c(C(C)C)cncc3c2[nH]1. The van der Waals surface area contributed by atoms with Gasteiger partial charge in [-0.15, -0.1) is 0 Å². The third kappa shape index (κ3) is 1.92. The molecule has 2 aromatic heterocycles. The fourth-order valence-corrected chi connectivity index (χ4v) is 2.66. The molecule has 0 fully saturated rings. The first-order valence-electron chi connectivity index (χ1n) is 6.97. The minimum atomic E-state index is 0.494. The highest BCUT2D eigenvalue weighted by molar-refractivity contribution is 6.06. The van der Waals surface area contributed by atoms with Gasteiger partial charge in [-0.1, -0.05) is 39.8 Å². The van der Waals surface area contributed by atoms with E-state index in [2.05, 4.69) is 55.9 Å². The van der Waals surface area contributed by atoms with E-state index in [9.17, 15) is 0 Å². The Kier molecular flexibility index (Phi) is 2.81. The van der Waals surface area contributed by atoms with Gasteiger partial charge in [0.25, 0.3) is 0 Å². The first-order chi connectivity index (χ1) is 9.08. The van der Waals surface area contributed by atoms with Crippen LogP contribution in [0.5, 0.6) is 0 Å². The molecule has 3 aromatic rings. The number of aromatic nitrogens is 2. The van der Waals surface area contributed by atoms with Crippen LogP contribution in [0.25, 0.3) is 21.7 Å². The second-order valence-electron chi connectivity index (χ2n) is 5.89. The summed E-state index contributed by atoms with van der Waals surface area (Å²) in [6, 6.07) is 6.69. The lowest BCUT2D eigenvalue weighted by Crippen LogP contribution is -1.91. The van der Waals surface area contributed by atoms with Crippen LogP contribution in [0.15, 0.2) is 30.6 Å². The Morgan fingerprint density at radius 2 is 1.74 bits per heavy atom. The predicted octanol–water partition coefficient (Wildman–Crippen LogP) is 4.96. The van der Waals surface area contributed by atoms with Crippen molar-refractivity contribution in [3.8, 4) is 0 Å². The zero-order chi connectivity index (χ0) is 13.6. The summed E-state index contributed by atoms with van der Waals surface area (Å²) in [7, 11) is 0. The predicted molar refractivity (Wildman–Crippen MR) is 81.8 cm³/mol. The van der Waals surface area contributed by atoms with Gasteiger partial charge < -0.3 is 4.98 Å². The van der Waals surface area contributed by atoms with Crippen molar-refractivity contribution in [2.45, 2.75) is 39.5 Å². The van der Waals surface area contributed by atoms with Crippen LogP contribution < -0.4 is 0 Å². The average molecular weight is 252 g/mol. The number of pyridine rings is 1. The molecule has 3 rings (SSSR count). The summed E-state index contributed by atoms with van der Waals surface area (Å²) < 4.78 is 0. The molecular formula is C17H20N2. The normalized spacial score (nSPS) is 12.1. The van der Waals surface area contributed by atoms with Crippen molar-refractivity contribution in [2.75, 3.05) is 0 Å². The second kappa shape index (κ2) is 4.37. The summed E-state index contributed by atoms with van der Waals surface area (Å²) >= 11 is 0. The molecule has 0 amide bonds. The maximum Gasteiger partial charge on any atom is 0.0551 e. The Hall–Kier alpha value is -1.83. The molecule has 0 aliphatic carbocycles. The molecule has 2 heteroatoms. The van der Waals surface area contributed by atoms with Crippen LogP contribution in [-0.2, 0) is 0 Å². The molecule has 0 unspecified atom stereocenters. The molecule has 1 N–H and O–H groups in total. The number of benzene rings is 1. The van der Waals surface area contributed by atoms with Gasteiger partial charge in [-0.2, -0.15) is 0 Å². The summed E-state index contributed by atoms with van der Waals surface area (Å²) in [6.07, 6.45) is 3.97. The maximum absolute atomic E-state index is 4.42. The van der Waals surface area contributed by atoms with Crippen LogP contribution in [0.3, 0.4) is 0 Å². The summed E-state index contributed by atoms with van der Waals surface area (Å²) in [5.41, 5.74) is 3.83. The molecule has 2 nitrogen and oxygen atoms in total. The number of nitrogens with one attached hydrogen (secondary N) is 1. The second-order valence-corrected chi connectivity index (χ2v) is 5.89. The molecule has 0 radical (unpaired) electrons. The maximum atomic E-state index is 4.42. The average Bonchev–Trinajstić information content (AvgIpc) is 2.82. The standard InChI is InChI=1S/C17H20N2/c1-10(2)14-8-18-9-15-13(14)6-5-12-7-16(11(3)4)19-17(12)15/h5-11,19H,1-4H3. The highest BCUT2D eigenvalue weighted by atomic mass is 14.7. The fraction of sp³-hybridized carbons (Fsp3) is 0.353. The van der Waals surface area contributed by atoms with Gasteiger partial charge in [0, 0.05) is 28.9 Å². The third-order valence-corrected chi connectivity index (χ3v) is 3.83. The number of hydrogen-bond acceptors (Lipinski definition) is 1. The van der Waals surface area contributed by atoms with E-state index in [1.165, 1.54) is 32.9 Å². The number of H-pyrrole nitrogens is 1. The lowest BCUT2D eigenvalue weighted by Gasteiger charge is -2.09. The van der Waals surface area contributed by atoms with Crippen molar-refractivity contribution in [3.05, 3.63) is 41.9 Å². The largest absolute Gasteiger partial charge is 0.358 e. The van der Waals surface area contributed by atoms with Crippen molar-refractivity contribution in [1.82, 2.24) is 9.97 Å². The van der Waals surface area contributed by atoms with E-state index in [0.717, 1.165) is 0 Å². The number of nitrogens with zero attached hydrogens (tertiary/aromatic N) is 1. The number of hydrogen-bond donors (Lipinski definition) is 1. The number of aromatic amines is 1. The summed E-state index contributed by atoms with van der Waals surface area (Å²) in [5, 5.41) is 3.82. The summed E-state index contributed by atoms with van der Waals surface area (Å²) in [4.78, 5) is 7.98. The highest BCUT2D eigenvalue weighted by Gasteiger charge is 2.11. The quantitative estimate of drug-likeness (QED) is 0.686. The van der Waals surface area contributed by atoms with E-state index in [0.29, 0.717) is 11.8 Å². The first-order valence-corrected chi connectivity index (χ1v) is 6.97. The zero-order valence-corrected chi connectivity index (χ0v) is 12.0. The van der Waals surface area contributed by atoms with E-state index >= 15 is 0 Å². The van der Waals surface area contributed by atoms with Gasteiger partial charge in [0.2, 0.25) is 0 Å². The minimum Gasteiger partial charge on any atom is -0.358 e. The Bertz CT molecular complexity index is 735. The molecule has 0 saturated carbocycles. The summed E-state index contributed by atoms with van der Waals surface area (Å²) in [5.74, 6) is 1.01. The van der Waals surface area contributed by atoms with Crippen molar-refractivity contribution >= 4 is 21.7 Å². The molecule has 0 spiro atoms. The Labute approximate surface area is 113 Å². The van der Waals surface area contributed by atoms with Crippen LogP contribution in [-0.4, -0.2) is 9.97 Å². The van der Waals surface area contributed by atoms with Gasteiger partial charge in [0.15, 0.2) is 0 Å². The molecule has 98 valence electrons. The lowest BCUT2D eigenvalue weighted by molar-refractivity contribution is 0.837. The molecular weight excluding hydrogens is 232 g/mol. The molecule has 0 atom stereocenters. The monoisotopic (exact) mass is 252 g/mol. The van der Waals surface area contributed by atoms with Crippen LogP contribution in [0.1, 0.15) is 50.8 Å². The molecule has 0 saturated heterocycles. The van der Waals surface area contributed by atoms with Crippen molar-refractivity contribution in [3.63, 3.8) is 0 Å². The minimum absolute atomic E-state index is 0.494. The molecule has 0 aliphatic rings. The van der Waals surface area contributed by atoms with Crippen LogP contribution in [0, 0.1) is 0 Å². The van der Waals surface area contributed by atoms with Gasteiger partial charge in [0.05, 0.1) is 5.52 Å². The van der Waals surface area contributed by atoms with Gasteiger partial charge in [-0.25, -0.2) is 0 Å². The smallest absolute Gasteiger partial charge is 0.0551 e. The van der Waals surface area contributed by atoms with Crippen LogP contribution in [0.2, 0.25) is 0 Å². The topological polar surface area (TPSA) is 28.7 Å².